The van der Waals surface area contributed by atoms with E-state index in [0.29, 0.717) is 6.42 Å². The van der Waals surface area contributed by atoms with Gasteiger partial charge >= 0.3 is 5.97 Å². The Balaban J connectivity index is 4.12. The summed E-state index contributed by atoms with van der Waals surface area (Å²) in [5.41, 5.74) is 5.65. The molecule has 0 aromatic heterocycles. The van der Waals surface area contributed by atoms with Gasteiger partial charge < -0.3 is 16.2 Å². The van der Waals surface area contributed by atoms with Crippen LogP contribution in [0.1, 0.15) is 39.5 Å². The van der Waals surface area contributed by atoms with Gasteiger partial charge in [0.2, 0.25) is 5.91 Å². The van der Waals surface area contributed by atoms with Gasteiger partial charge in [-0.15, -0.1) is 0 Å². The van der Waals surface area contributed by atoms with Crippen LogP contribution in [0.4, 0.5) is 0 Å². The van der Waals surface area contributed by atoms with E-state index in [1.54, 1.807) is 11.8 Å². The van der Waals surface area contributed by atoms with Gasteiger partial charge in [-0.05, 0) is 38.2 Å². The summed E-state index contributed by atoms with van der Waals surface area (Å²) in [5.74, 6) is -0.603. The zero-order chi connectivity index (χ0) is 14.8. The number of thioether (sulfide) groups is 1. The molecule has 0 aliphatic rings. The van der Waals surface area contributed by atoms with Crippen LogP contribution in [0, 0.1) is 5.92 Å². The molecule has 3 atom stereocenters. The number of aliphatic carboxylic acids is 1. The topological polar surface area (TPSA) is 92.4 Å². The van der Waals surface area contributed by atoms with Crippen molar-refractivity contribution < 1.29 is 14.7 Å². The van der Waals surface area contributed by atoms with Crippen molar-refractivity contribution in [1.29, 1.82) is 0 Å². The second-order valence-corrected chi connectivity index (χ2v) is 5.98. The molecule has 0 aliphatic heterocycles. The van der Waals surface area contributed by atoms with Crippen molar-refractivity contribution in [2.75, 3.05) is 12.0 Å². The number of carbonyl (C=O) groups is 2. The summed E-state index contributed by atoms with van der Waals surface area (Å²) >= 11 is 1.57. The van der Waals surface area contributed by atoms with Gasteiger partial charge in [-0.25, -0.2) is 4.79 Å². The molecule has 6 heteroatoms. The van der Waals surface area contributed by atoms with Crippen LogP contribution < -0.4 is 11.1 Å². The van der Waals surface area contributed by atoms with Gasteiger partial charge in [0.1, 0.15) is 6.04 Å². The summed E-state index contributed by atoms with van der Waals surface area (Å²) in [6.07, 6.45) is 4.87. The van der Waals surface area contributed by atoms with Crippen LogP contribution in [0.5, 0.6) is 0 Å². The average Bonchev–Trinajstić information content (AvgIpc) is 2.33. The van der Waals surface area contributed by atoms with Gasteiger partial charge in [0, 0.05) is 12.0 Å². The molecular weight excluding hydrogens is 264 g/mol. The number of carboxylic acid groups (broad SMARTS) is 1. The van der Waals surface area contributed by atoms with Gasteiger partial charge in [-0.2, -0.15) is 11.8 Å². The van der Waals surface area contributed by atoms with Crippen LogP contribution in [0.25, 0.3) is 0 Å². The van der Waals surface area contributed by atoms with Crippen molar-refractivity contribution >= 4 is 23.6 Å². The number of carbonyl (C=O) groups excluding carboxylic acids is 1. The first-order valence-corrected chi connectivity index (χ1v) is 8.05. The fraction of sp³-hybridized carbons (Fsp3) is 0.846. The predicted molar refractivity (Wildman–Crippen MR) is 79.2 cm³/mol. The summed E-state index contributed by atoms with van der Waals surface area (Å²) in [6.45, 7) is 3.76. The monoisotopic (exact) mass is 290 g/mol. The first-order chi connectivity index (χ1) is 8.88. The first-order valence-electron chi connectivity index (χ1n) is 6.66. The van der Waals surface area contributed by atoms with Crippen molar-refractivity contribution in [3.63, 3.8) is 0 Å². The SMILES string of the molecule is CSCC[C@@H](NC(=O)C(C)CCCC(C)N)C(=O)O. The first kappa shape index (κ1) is 18.2. The molecule has 2 unspecified atom stereocenters. The summed E-state index contributed by atoms with van der Waals surface area (Å²) in [5, 5.41) is 11.6. The Hall–Kier alpha value is -0.750. The molecule has 0 spiro atoms. The zero-order valence-corrected chi connectivity index (χ0v) is 12.8. The fourth-order valence-electron chi connectivity index (χ4n) is 1.68. The summed E-state index contributed by atoms with van der Waals surface area (Å²) in [6, 6.07) is -0.639. The molecule has 0 radical (unpaired) electrons. The molecule has 5 nitrogen and oxygen atoms in total. The van der Waals surface area contributed by atoms with Gasteiger partial charge in [-0.3, -0.25) is 4.79 Å². The second kappa shape index (κ2) is 10.1. The van der Waals surface area contributed by atoms with E-state index in [-0.39, 0.29) is 17.9 Å². The molecular formula is C13H26N2O3S. The smallest absolute Gasteiger partial charge is 0.326 e. The van der Waals surface area contributed by atoms with Crippen LogP contribution in [-0.4, -0.2) is 41.1 Å². The molecule has 112 valence electrons. The number of nitrogens with two attached hydrogens (primary N) is 1. The lowest BCUT2D eigenvalue weighted by Crippen LogP contribution is -2.43. The van der Waals surface area contributed by atoms with E-state index >= 15 is 0 Å². The van der Waals surface area contributed by atoms with E-state index in [1.165, 1.54) is 0 Å². The van der Waals surface area contributed by atoms with E-state index in [0.717, 1.165) is 25.0 Å². The summed E-state index contributed by atoms with van der Waals surface area (Å²) in [7, 11) is 0. The van der Waals surface area contributed by atoms with Crippen LogP contribution in [0.3, 0.4) is 0 Å². The molecule has 0 bridgehead atoms. The van der Waals surface area contributed by atoms with Crippen molar-refractivity contribution in [3.8, 4) is 0 Å². The fourth-order valence-corrected chi connectivity index (χ4v) is 2.16. The Labute approximate surface area is 119 Å². The molecule has 4 N–H and O–H groups in total. The molecule has 19 heavy (non-hydrogen) atoms. The lowest BCUT2D eigenvalue weighted by molar-refractivity contribution is -0.142. The summed E-state index contributed by atoms with van der Waals surface area (Å²) < 4.78 is 0. The maximum atomic E-state index is 11.9. The van der Waals surface area contributed by atoms with E-state index in [9.17, 15) is 9.59 Å². The third kappa shape index (κ3) is 8.88. The summed E-state index contributed by atoms with van der Waals surface area (Å²) in [4.78, 5) is 22.9. The number of carboxylic acids is 1. The van der Waals surface area contributed by atoms with Crippen LogP contribution in [0.2, 0.25) is 0 Å². The van der Waals surface area contributed by atoms with Crippen molar-refractivity contribution in [2.24, 2.45) is 11.7 Å². The molecule has 0 fully saturated rings. The van der Waals surface area contributed by atoms with Gasteiger partial charge in [0.25, 0.3) is 0 Å². The maximum Gasteiger partial charge on any atom is 0.326 e. The third-order valence-corrected chi connectivity index (χ3v) is 3.61. The van der Waals surface area contributed by atoms with Crippen molar-refractivity contribution in [3.05, 3.63) is 0 Å². The highest BCUT2D eigenvalue weighted by Gasteiger charge is 2.22. The Kier molecular flexibility index (Phi) is 9.69. The molecule has 0 rings (SSSR count). The zero-order valence-electron chi connectivity index (χ0n) is 12.0. The Morgan fingerprint density at radius 3 is 2.37 bits per heavy atom. The van der Waals surface area contributed by atoms with Crippen LogP contribution in [-0.2, 0) is 9.59 Å². The Bertz CT molecular complexity index is 285. The maximum absolute atomic E-state index is 11.9. The van der Waals surface area contributed by atoms with Gasteiger partial charge in [-0.1, -0.05) is 13.3 Å². The van der Waals surface area contributed by atoms with Gasteiger partial charge in [0.05, 0.1) is 0 Å². The minimum Gasteiger partial charge on any atom is -0.480 e. The van der Waals surface area contributed by atoms with Crippen molar-refractivity contribution in [2.45, 2.75) is 51.6 Å². The highest BCUT2D eigenvalue weighted by molar-refractivity contribution is 7.98. The van der Waals surface area contributed by atoms with Gasteiger partial charge in [0.15, 0.2) is 0 Å². The standard InChI is InChI=1S/C13H26N2O3S/c1-9(5-4-6-10(2)14)12(16)15-11(13(17)18)7-8-19-3/h9-11H,4-8,14H2,1-3H3,(H,15,16)(H,17,18)/t9?,10?,11-/m1/s1. The number of nitrogens with one attached hydrogen (secondary N) is 1. The number of hydrogen-bond donors (Lipinski definition) is 3. The Morgan fingerprint density at radius 2 is 1.89 bits per heavy atom. The molecule has 0 aromatic carbocycles. The van der Waals surface area contributed by atoms with Crippen LogP contribution in [0.15, 0.2) is 0 Å². The molecule has 0 saturated heterocycles. The minimum atomic E-state index is -0.967. The minimum absolute atomic E-state index is 0.142. The highest BCUT2D eigenvalue weighted by Crippen LogP contribution is 2.10. The predicted octanol–water partition coefficient (Wildman–Crippen LogP) is 1.46. The Morgan fingerprint density at radius 1 is 1.26 bits per heavy atom. The average molecular weight is 290 g/mol. The molecule has 0 aromatic rings. The second-order valence-electron chi connectivity index (χ2n) is 4.99. The van der Waals surface area contributed by atoms with E-state index in [4.69, 9.17) is 10.8 Å². The number of amides is 1. The lowest BCUT2D eigenvalue weighted by atomic mass is 10.0. The molecule has 0 heterocycles. The molecule has 0 saturated carbocycles. The third-order valence-electron chi connectivity index (χ3n) is 2.97. The van der Waals surface area contributed by atoms with E-state index < -0.39 is 12.0 Å². The largest absolute Gasteiger partial charge is 0.480 e. The van der Waals surface area contributed by atoms with Crippen molar-refractivity contribution in [1.82, 2.24) is 5.32 Å². The molecule has 1 amide bonds. The van der Waals surface area contributed by atoms with E-state index in [2.05, 4.69) is 5.32 Å². The number of rotatable bonds is 10. The lowest BCUT2D eigenvalue weighted by Gasteiger charge is -2.17. The highest BCUT2D eigenvalue weighted by atomic mass is 32.2. The molecule has 0 aliphatic carbocycles. The number of hydrogen-bond acceptors (Lipinski definition) is 4. The van der Waals surface area contributed by atoms with E-state index in [1.807, 2.05) is 20.1 Å². The van der Waals surface area contributed by atoms with Crippen LogP contribution >= 0.6 is 11.8 Å². The normalized spacial score (nSPS) is 15.6. The quantitative estimate of drug-likeness (QED) is 0.566.